The lowest BCUT2D eigenvalue weighted by Crippen LogP contribution is -2.41. The third kappa shape index (κ3) is 6.90. The SMILES string of the molecule is COc1ccc(S(=O)(=O)N(CC(=O)NCCOc2ccccc2C(C)C)c2ccc(Cl)cc2)cc1. The second-order valence-corrected chi connectivity index (χ2v) is 10.4. The molecule has 0 spiro atoms. The minimum Gasteiger partial charge on any atom is -0.497 e. The van der Waals surface area contributed by atoms with Gasteiger partial charge in [0.25, 0.3) is 10.0 Å². The van der Waals surface area contributed by atoms with E-state index in [2.05, 4.69) is 19.2 Å². The van der Waals surface area contributed by atoms with Crippen LogP contribution in [0.15, 0.2) is 77.7 Å². The van der Waals surface area contributed by atoms with E-state index in [1.807, 2.05) is 24.3 Å². The van der Waals surface area contributed by atoms with E-state index in [-0.39, 0.29) is 18.0 Å². The van der Waals surface area contributed by atoms with Crippen LogP contribution in [0.3, 0.4) is 0 Å². The monoisotopic (exact) mass is 516 g/mol. The third-order valence-corrected chi connectivity index (χ3v) is 7.31. The number of methoxy groups -OCH3 is 1. The molecule has 3 rings (SSSR count). The molecule has 0 saturated carbocycles. The normalized spacial score (nSPS) is 11.2. The topological polar surface area (TPSA) is 84.9 Å². The van der Waals surface area contributed by atoms with Crippen molar-refractivity contribution in [3.05, 3.63) is 83.4 Å². The van der Waals surface area contributed by atoms with Crippen molar-refractivity contribution in [3.63, 3.8) is 0 Å². The van der Waals surface area contributed by atoms with Crippen LogP contribution in [0.5, 0.6) is 11.5 Å². The van der Waals surface area contributed by atoms with E-state index in [1.54, 1.807) is 36.4 Å². The zero-order chi connectivity index (χ0) is 25.4. The number of carbonyl (C=O) groups is 1. The van der Waals surface area contributed by atoms with Crippen LogP contribution in [0.1, 0.15) is 25.3 Å². The Balaban J connectivity index is 1.70. The highest BCUT2D eigenvalue weighted by atomic mass is 35.5. The molecule has 0 unspecified atom stereocenters. The molecule has 0 aromatic heterocycles. The van der Waals surface area contributed by atoms with Crippen LogP contribution in [0.2, 0.25) is 5.02 Å². The number of hydrogen-bond acceptors (Lipinski definition) is 5. The Labute approximate surface area is 211 Å². The number of para-hydroxylation sites is 1. The average Bonchev–Trinajstić information content (AvgIpc) is 2.86. The summed E-state index contributed by atoms with van der Waals surface area (Å²) in [6.07, 6.45) is 0. The van der Waals surface area contributed by atoms with Gasteiger partial charge in [0.2, 0.25) is 5.91 Å². The summed E-state index contributed by atoms with van der Waals surface area (Å²) >= 11 is 5.98. The van der Waals surface area contributed by atoms with Crippen molar-refractivity contribution < 1.29 is 22.7 Å². The van der Waals surface area contributed by atoms with E-state index in [0.717, 1.165) is 15.6 Å². The Bertz CT molecular complexity index is 1230. The van der Waals surface area contributed by atoms with Gasteiger partial charge in [-0.1, -0.05) is 43.6 Å². The number of sulfonamides is 1. The Morgan fingerprint density at radius 1 is 1.00 bits per heavy atom. The lowest BCUT2D eigenvalue weighted by Gasteiger charge is -2.24. The summed E-state index contributed by atoms with van der Waals surface area (Å²) in [5, 5.41) is 3.20. The van der Waals surface area contributed by atoms with Crippen molar-refractivity contribution in [2.24, 2.45) is 0 Å². The summed E-state index contributed by atoms with van der Waals surface area (Å²) in [6, 6.07) is 20.0. The lowest BCUT2D eigenvalue weighted by atomic mass is 10.0. The van der Waals surface area contributed by atoms with Crippen LogP contribution in [-0.2, 0) is 14.8 Å². The molecule has 0 atom stereocenters. The minimum absolute atomic E-state index is 0.0367. The van der Waals surface area contributed by atoms with Crippen molar-refractivity contribution >= 4 is 33.2 Å². The van der Waals surface area contributed by atoms with Crippen LogP contribution >= 0.6 is 11.6 Å². The number of hydrogen-bond donors (Lipinski definition) is 1. The second-order valence-electron chi connectivity index (χ2n) is 8.05. The molecule has 35 heavy (non-hydrogen) atoms. The molecule has 3 aromatic carbocycles. The summed E-state index contributed by atoms with van der Waals surface area (Å²) in [5.74, 6) is 1.13. The molecular weight excluding hydrogens is 488 g/mol. The second kappa shape index (κ2) is 12.0. The molecule has 3 aromatic rings. The van der Waals surface area contributed by atoms with E-state index < -0.39 is 22.5 Å². The van der Waals surface area contributed by atoms with Gasteiger partial charge in [-0.05, 0) is 66.1 Å². The highest BCUT2D eigenvalue weighted by Gasteiger charge is 2.27. The number of ether oxygens (including phenoxy) is 2. The predicted molar refractivity (Wildman–Crippen MR) is 138 cm³/mol. The maximum absolute atomic E-state index is 13.4. The molecule has 186 valence electrons. The average molecular weight is 517 g/mol. The standard InChI is InChI=1S/C26H29ClN2O5S/c1-19(2)24-6-4-5-7-25(24)34-17-16-28-26(30)18-29(21-10-8-20(27)9-11-21)35(31,32)23-14-12-22(33-3)13-15-23/h4-15,19H,16-18H2,1-3H3,(H,28,30). The van der Waals surface area contributed by atoms with Gasteiger partial charge in [0.1, 0.15) is 24.7 Å². The van der Waals surface area contributed by atoms with Crippen molar-refractivity contribution in [2.75, 3.05) is 31.1 Å². The first-order valence-corrected chi connectivity index (χ1v) is 12.9. The summed E-state index contributed by atoms with van der Waals surface area (Å²) < 4.78 is 38.8. The molecule has 0 aliphatic carbocycles. The van der Waals surface area contributed by atoms with Crippen molar-refractivity contribution in [3.8, 4) is 11.5 Å². The summed E-state index contributed by atoms with van der Waals surface area (Å²) in [7, 11) is -2.53. The molecule has 7 nitrogen and oxygen atoms in total. The molecular formula is C26H29ClN2O5S. The van der Waals surface area contributed by atoms with E-state index in [4.69, 9.17) is 21.1 Å². The van der Waals surface area contributed by atoms with Crippen LogP contribution in [0.4, 0.5) is 5.69 Å². The Hall–Kier alpha value is -3.23. The van der Waals surface area contributed by atoms with Crippen molar-refractivity contribution in [1.82, 2.24) is 5.32 Å². The van der Waals surface area contributed by atoms with Crippen molar-refractivity contribution in [2.45, 2.75) is 24.7 Å². The molecule has 0 radical (unpaired) electrons. The van der Waals surface area contributed by atoms with Gasteiger partial charge in [0.05, 0.1) is 24.2 Å². The molecule has 0 aliphatic heterocycles. The maximum atomic E-state index is 13.4. The fourth-order valence-corrected chi connectivity index (χ4v) is 4.97. The summed E-state index contributed by atoms with van der Waals surface area (Å²) in [5.41, 5.74) is 1.40. The Kier molecular flexibility index (Phi) is 9.01. The number of nitrogens with zero attached hydrogens (tertiary/aromatic N) is 1. The minimum atomic E-state index is -4.03. The van der Waals surface area contributed by atoms with Gasteiger partial charge >= 0.3 is 0 Å². The molecule has 0 fully saturated rings. The summed E-state index contributed by atoms with van der Waals surface area (Å²) in [4.78, 5) is 12.8. The van der Waals surface area contributed by atoms with Crippen LogP contribution in [0, 0.1) is 0 Å². The zero-order valence-corrected chi connectivity index (χ0v) is 21.5. The molecule has 0 aliphatic rings. The van der Waals surface area contributed by atoms with E-state index >= 15 is 0 Å². The lowest BCUT2D eigenvalue weighted by molar-refractivity contribution is -0.119. The van der Waals surface area contributed by atoms with Gasteiger partial charge in [-0.2, -0.15) is 0 Å². The molecule has 0 bridgehead atoms. The summed E-state index contributed by atoms with van der Waals surface area (Å²) in [6.45, 7) is 4.24. The van der Waals surface area contributed by atoms with Gasteiger partial charge in [0, 0.05) is 5.02 Å². The van der Waals surface area contributed by atoms with E-state index in [0.29, 0.717) is 22.4 Å². The van der Waals surface area contributed by atoms with Crippen LogP contribution in [-0.4, -0.2) is 41.1 Å². The fourth-order valence-electron chi connectivity index (χ4n) is 3.42. The number of amides is 1. The van der Waals surface area contributed by atoms with Crippen molar-refractivity contribution in [1.29, 1.82) is 0 Å². The molecule has 1 N–H and O–H groups in total. The highest BCUT2D eigenvalue weighted by molar-refractivity contribution is 7.92. The number of carbonyl (C=O) groups excluding carboxylic acids is 1. The number of benzene rings is 3. The number of rotatable bonds is 11. The quantitative estimate of drug-likeness (QED) is 0.368. The van der Waals surface area contributed by atoms with Gasteiger partial charge in [-0.15, -0.1) is 0 Å². The number of halogens is 1. The highest BCUT2D eigenvalue weighted by Crippen LogP contribution is 2.27. The Morgan fingerprint density at radius 3 is 2.29 bits per heavy atom. The number of nitrogens with one attached hydrogen (secondary N) is 1. The van der Waals surface area contributed by atoms with E-state index in [9.17, 15) is 13.2 Å². The first-order chi connectivity index (χ1) is 16.7. The first-order valence-electron chi connectivity index (χ1n) is 11.1. The number of anilines is 1. The largest absolute Gasteiger partial charge is 0.497 e. The molecule has 0 saturated heterocycles. The molecule has 1 amide bonds. The van der Waals surface area contributed by atoms with E-state index in [1.165, 1.54) is 19.2 Å². The smallest absolute Gasteiger partial charge is 0.264 e. The molecule has 0 heterocycles. The maximum Gasteiger partial charge on any atom is 0.264 e. The Morgan fingerprint density at radius 2 is 1.66 bits per heavy atom. The van der Waals surface area contributed by atoms with Gasteiger partial charge in [-0.3, -0.25) is 9.10 Å². The van der Waals surface area contributed by atoms with Crippen LogP contribution < -0.4 is 19.1 Å². The fraction of sp³-hybridized carbons (Fsp3) is 0.269. The van der Waals surface area contributed by atoms with Gasteiger partial charge in [-0.25, -0.2) is 8.42 Å². The zero-order valence-electron chi connectivity index (χ0n) is 19.9. The van der Waals surface area contributed by atoms with Crippen LogP contribution in [0.25, 0.3) is 0 Å². The third-order valence-electron chi connectivity index (χ3n) is 5.27. The van der Waals surface area contributed by atoms with Gasteiger partial charge < -0.3 is 14.8 Å². The molecule has 9 heteroatoms. The first kappa shape index (κ1) is 26.4. The predicted octanol–water partition coefficient (Wildman–Crippen LogP) is 4.86. The van der Waals surface area contributed by atoms with Gasteiger partial charge in [0.15, 0.2) is 0 Å².